The molecule has 0 spiro atoms. The van der Waals surface area contributed by atoms with Gasteiger partial charge in [-0.05, 0) is 66.9 Å². The molecule has 0 unspecified atom stereocenters. The van der Waals surface area contributed by atoms with E-state index in [1.165, 1.54) is 23.3 Å². The Bertz CT molecular complexity index is 921. The third-order valence-electron chi connectivity index (χ3n) is 4.86. The number of hydrogen-bond acceptors (Lipinski definition) is 5. The summed E-state index contributed by atoms with van der Waals surface area (Å²) in [6.45, 7) is 2.96. The van der Waals surface area contributed by atoms with Crippen molar-refractivity contribution in [3.05, 3.63) is 52.5 Å². The number of benzene rings is 2. The van der Waals surface area contributed by atoms with Gasteiger partial charge >= 0.3 is 0 Å². The van der Waals surface area contributed by atoms with Crippen LogP contribution in [0.1, 0.15) is 17.5 Å². The van der Waals surface area contributed by atoms with E-state index in [2.05, 4.69) is 9.62 Å². The van der Waals surface area contributed by atoms with Crippen LogP contribution in [0.3, 0.4) is 0 Å². The van der Waals surface area contributed by atoms with Crippen LogP contribution < -0.4 is 14.2 Å². The highest BCUT2D eigenvalue weighted by atomic mass is 35.5. The number of rotatable bonds is 8. The molecule has 2 aromatic carbocycles. The summed E-state index contributed by atoms with van der Waals surface area (Å²) in [6.07, 6.45) is 1.67. The molecule has 1 heterocycles. The van der Waals surface area contributed by atoms with Gasteiger partial charge in [0.05, 0.1) is 19.1 Å². The second kappa shape index (κ2) is 10.5. The Balaban J connectivity index is 0.00000300. The second-order valence-corrected chi connectivity index (χ2v) is 8.91. The first-order valence-electron chi connectivity index (χ1n) is 9.14. The van der Waals surface area contributed by atoms with Crippen molar-refractivity contribution in [3.63, 3.8) is 0 Å². The Hall–Kier alpha value is -1.51. The van der Waals surface area contributed by atoms with Crippen molar-refractivity contribution in [3.8, 4) is 11.5 Å². The quantitative estimate of drug-likeness (QED) is 0.610. The third kappa shape index (κ3) is 5.99. The van der Waals surface area contributed by atoms with Crippen molar-refractivity contribution in [2.24, 2.45) is 0 Å². The maximum absolute atomic E-state index is 12.3. The molecule has 6 nitrogen and oxygen atoms in total. The van der Waals surface area contributed by atoms with Gasteiger partial charge in [0.1, 0.15) is 0 Å². The maximum atomic E-state index is 12.3. The molecular formula is C20H26Cl2N2O4S. The molecule has 160 valence electrons. The van der Waals surface area contributed by atoms with E-state index in [9.17, 15) is 8.42 Å². The minimum atomic E-state index is -3.50. The molecule has 1 aliphatic rings. The second-order valence-electron chi connectivity index (χ2n) is 6.71. The molecule has 0 atom stereocenters. The molecule has 0 saturated carbocycles. The van der Waals surface area contributed by atoms with E-state index in [-0.39, 0.29) is 17.3 Å². The number of fused-ring (bicyclic) bond motifs is 1. The van der Waals surface area contributed by atoms with E-state index in [4.69, 9.17) is 21.1 Å². The number of sulfonamides is 1. The van der Waals surface area contributed by atoms with Crippen LogP contribution in [0.2, 0.25) is 5.02 Å². The van der Waals surface area contributed by atoms with Gasteiger partial charge in [-0.2, -0.15) is 0 Å². The van der Waals surface area contributed by atoms with Crippen molar-refractivity contribution in [2.75, 3.05) is 33.9 Å². The van der Waals surface area contributed by atoms with Crippen molar-refractivity contribution in [1.29, 1.82) is 0 Å². The highest BCUT2D eigenvalue weighted by molar-refractivity contribution is 7.89. The summed E-state index contributed by atoms with van der Waals surface area (Å²) in [7, 11) is -0.223. The number of ether oxygens (including phenoxy) is 2. The van der Waals surface area contributed by atoms with E-state index in [1.807, 2.05) is 12.1 Å². The molecule has 2 aromatic rings. The summed E-state index contributed by atoms with van der Waals surface area (Å²) in [6, 6.07) is 10.2. The summed E-state index contributed by atoms with van der Waals surface area (Å²) >= 11 is 5.81. The molecule has 29 heavy (non-hydrogen) atoms. The van der Waals surface area contributed by atoms with E-state index in [0.717, 1.165) is 44.0 Å². The Morgan fingerprint density at radius 2 is 1.69 bits per heavy atom. The van der Waals surface area contributed by atoms with E-state index in [0.29, 0.717) is 11.6 Å². The number of nitrogens with one attached hydrogen (secondary N) is 1. The molecular weight excluding hydrogens is 435 g/mol. The lowest BCUT2D eigenvalue weighted by Crippen LogP contribution is -2.33. The maximum Gasteiger partial charge on any atom is 0.240 e. The summed E-state index contributed by atoms with van der Waals surface area (Å²) < 4.78 is 38.0. The zero-order chi connectivity index (χ0) is 20.1. The molecule has 9 heteroatoms. The van der Waals surface area contributed by atoms with Crippen molar-refractivity contribution in [1.82, 2.24) is 9.62 Å². The molecule has 0 aliphatic carbocycles. The van der Waals surface area contributed by atoms with Crippen molar-refractivity contribution < 1.29 is 17.9 Å². The van der Waals surface area contributed by atoms with Crippen LogP contribution in [-0.2, 0) is 23.0 Å². The van der Waals surface area contributed by atoms with Crippen LogP contribution in [0.15, 0.2) is 41.3 Å². The lowest BCUT2D eigenvalue weighted by Gasteiger charge is -2.29. The van der Waals surface area contributed by atoms with Gasteiger partial charge in [-0.3, -0.25) is 4.90 Å². The molecule has 0 saturated heterocycles. The molecule has 3 rings (SSSR count). The molecule has 0 amide bonds. The summed E-state index contributed by atoms with van der Waals surface area (Å²) in [5.74, 6) is 1.49. The van der Waals surface area contributed by atoms with Gasteiger partial charge in [0.25, 0.3) is 0 Å². The van der Waals surface area contributed by atoms with Gasteiger partial charge in [-0.1, -0.05) is 11.6 Å². The van der Waals surface area contributed by atoms with Gasteiger partial charge in [0.2, 0.25) is 10.0 Å². The highest BCUT2D eigenvalue weighted by Crippen LogP contribution is 2.33. The average Bonchev–Trinajstić information content (AvgIpc) is 2.70. The number of methoxy groups -OCH3 is 2. The SMILES string of the molecule is COc1cc2c(cc1OC)CN(CCCNS(=O)(=O)c1ccc(Cl)cc1)CC2.Cl. The molecule has 0 bridgehead atoms. The minimum absolute atomic E-state index is 0. The van der Waals surface area contributed by atoms with E-state index in [1.54, 1.807) is 26.4 Å². The van der Waals surface area contributed by atoms with Crippen LogP contribution in [-0.4, -0.2) is 47.2 Å². The lowest BCUT2D eigenvalue weighted by atomic mass is 9.98. The molecule has 0 aromatic heterocycles. The average molecular weight is 461 g/mol. The monoisotopic (exact) mass is 460 g/mol. The van der Waals surface area contributed by atoms with Gasteiger partial charge in [-0.15, -0.1) is 12.4 Å². The normalized spacial score (nSPS) is 14.0. The molecule has 1 aliphatic heterocycles. The fourth-order valence-corrected chi connectivity index (χ4v) is 4.54. The Kier molecular flexibility index (Phi) is 8.60. The molecule has 0 fully saturated rings. The predicted octanol–water partition coefficient (Wildman–Crippen LogP) is 3.51. The van der Waals surface area contributed by atoms with E-state index >= 15 is 0 Å². The largest absolute Gasteiger partial charge is 0.493 e. The molecule has 0 radical (unpaired) electrons. The minimum Gasteiger partial charge on any atom is -0.493 e. The first-order chi connectivity index (χ1) is 13.4. The number of nitrogens with zero attached hydrogens (tertiary/aromatic N) is 1. The van der Waals surface area contributed by atoms with Crippen LogP contribution in [0.25, 0.3) is 0 Å². The molecule has 1 N–H and O–H groups in total. The van der Waals surface area contributed by atoms with Crippen LogP contribution in [0.5, 0.6) is 11.5 Å². The van der Waals surface area contributed by atoms with Gasteiger partial charge in [-0.25, -0.2) is 13.1 Å². The smallest absolute Gasteiger partial charge is 0.240 e. The first kappa shape index (κ1) is 23.8. The van der Waals surface area contributed by atoms with Crippen molar-refractivity contribution >= 4 is 34.0 Å². The van der Waals surface area contributed by atoms with Crippen LogP contribution in [0.4, 0.5) is 0 Å². The van der Waals surface area contributed by atoms with Gasteiger partial charge < -0.3 is 9.47 Å². The summed E-state index contributed by atoms with van der Waals surface area (Å²) in [5.41, 5.74) is 2.50. The highest BCUT2D eigenvalue weighted by Gasteiger charge is 2.19. The summed E-state index contributed by atoms with van der Waals surface area (Å²) in [5, 5.41) is 0.513. The fourth-order valence-electron chi connectivity index (χ4n) is 3.34. The number of halogens is 2. The zero-order valence-corrected chi connectivity index (χ0v) is 18.9. The Labute approximate surface area is 183 Å². The van der Waals surface area contributed by atoms with E-state index < -0.39 is 10.0 Å². The zero-order valence-electron chi connectivity index (χ0n) is 16.5. The third-order valence-corrected chi connectivity index (χ3v) is 6.59. The Morgan fingerprint density at radius 3 is 2.31 bits per heavy atom. The predicted molar refractivity (Wildman–Crippen MR) is 117 cm³/mol. The lowest BCUT2D eigenvalue weighted by molar-refractivity contribution is 0.250. The topological polar surface area (TPSA) is 67.9 Å². The van der Waals surface area contributed by atoms with Gasteiger partial charge in [0.15, 0.2) is 11.5 Å². The fraction of sp³-hybridized carbons (Fsp3) is 0.400. The van der Waals surface area contributed by atoms with Crippen LogP contribution >= 0.6 is 24.0 Å². The number of hydrogen-bond donors (Lipinski definition) is 1. The van der Waals surface area contributed by atoms with Gasteiger partial charge in [0, 0.05) is 24.7 Å². The Morgan fingerprint density at radius 1 is 1.07 bits per heavy atom. The first-order valence-corrected chi connectivity index (χ1v) is 11.0. The van der Waals surface area contributed by atoms with Crippen LogP contribution in [0, 0.1) is 0 Å². The summed E-state index contributed by atoms with van der Waals surface area (Å²) in [4.78, 5) is 2.55. The standard InChI is InChI=1S/C20H25ClN2O4S.ClH/c1-26-19-12-15-8-11-23(14-16(15)13-20(19)27-2)10-3-9-22-28(24,25)18-6-4-17(21)5-7-18;/h4-7,12-13,22H,3,8-11,14H2,1-2H3;1H. The van der Waals surface area contributed by atoms with Crippen molar-refractivity contribution in [2.45, 2.75) is 24.3 Å².